The van der Waals surface area contributed by atoms with E-state index in [0.29, 0.717) is 0 Å². The molecule has 2 heterocycles. The van der Waals surface area contributed by atoms with Gasteiger partial charge >= 0.3 is 0 Å². The van der Waals surface area contributed by atoms with E-state index in [4.69, 9.17) is 4.42 Å². The molecule has 12 aromatic rings. The molecular weight excluding hydrogens is 631 g/mol. The topological polar surface area (TPSA) is 18.1 Å². The van der Waals surface area contributed by atoms with Crippen LogP contribution in [-0.4, -0.2) is 4.57 Å². The predicted molar refractivity (Wildman–Crippen MR) is 221 cm³/mol. The highest BCUT2D eigenvalue weighted by molar-refractivity contribution is 6.44. The molecule has 0 aliphatic carbocycles. The molecule has 0 amide bonds. The molecule has 0 saturated carbocycles. The van der Waals surface area contributed by atoms with E-state index in [-0.39, 0.29) is 0 Å². The zero-order chi connectivity index (χ0) is 33.9. The molecular formula is C50H29NO. The minimum Gasteiger partial charge on any atom is -0.454 e. The van der Waals surface area contributed by atoms with Crippen molar-refractivity contribution in [1.82, 2.24) is 4.57 Å². The summed E-state index contributed by atoms with van der Waals surface area (Å²) in [5, 5.41) is 17.4. The largest absolute Gasteiger partial charge is 0.454 e. The van der Waals surface area contributed by atoms with Gasteiger partial charge < -0.3 is 8.98 Å². The van der Waals surface area contributed by atoms with Gasteiger partial charge in [0.1, 0.15) is 5.58 Å². The van der Waals surface area contributed by atoms with Crippen molar-refractivity contribution in [2.24, 2.45) is 0 Å². The summed E-state index contributed by atoms with van der Waals surface area (Å²) in [6, 6.07) is 64.1. The summed E-state index contributed by atoms with van der Waals surface area (Å²) in [6.45, 7) is 0. The first-order chi connectivity index (χ1) is 25.8. The Hall–Kier alpha value is -6.90. The van der Waals surface area contributed by atoms with Crippen molar-refractivity contribution in [2.45, 2.75) is 0 Å². The zero-order valence-corrected chi connectivity index (χ0v) is 28.1. The molecule has 0 bridgehead atoms. The molecule has 0 unspecified atom stereocenters. The van der Waals surface area contributed by atoms with E-state index < -0.39 is 0 Å². The number of aromatic nitrogens is 1. The Morgan fingerprint density at radius 2 is 0.923 bits per heavy atom. The number of hydrogen-bond donors (Lipinski definition) is 0. The molecule has 2 heteroatoms. The van der Waals surface area contributed by atoms with Crippen LogP contribution in [-0.2, 0) is 0 Å². The SMILES string of the molecule is c1cc(-c2ccc3ccc4ccccc4c3c2)cc(-n2c3ccccc3c3c4c5ccccc5c5ccccc5c4c4c5ccccc5oc4c32)c1. The van der Waals surface area contributed by atoms with Crippen LogP contribution in [0, 0.1) is 0 Å². The van der Waals surface area contributed by atoms with Crippen LogP contribution >= 0.6 is 0 Å². The second-order valence-corrected chi connectivity index (χ2v) is 14.0. The Morgan fingerprint density at radius 3 is 1.71 bits per heavy atom. The molecule has 0 aliphatic heterocycles. The molecule has 0 atom stereocenters. The van der Waals surface area contributed by atoms with Crippen LogP contribution in [0.1, 0.15) is 0 Å². The summed E-state index contributed by atoms with van der Waals surface area (Å²) < 4.78 is 9.45. The minimum atomic E-state index is 0.900. The van der Waals surface area contributed by atoms with Crippen LogP contribution < -0.4 is 0 Å². The third-order valence-electron chi connectivity index (χ3n) is 11.3. The lowest BCUT2D eigenvalue weighted by Gasteiger charge is -2.15. The Labute approximate surface area is 298 Å². The maximum absolute atomic E-state index is 7.01. The fraction of sp³-hybridized carbons (Fsp3) is 0. The van der Waals surface area contributed by atoms with E-state index in [1.165, 1.54) is 81.1 Å². The summed E-state index contributed by atoms with van der Waals surface area (Å²) >= 11 is 0. The van der Waals surface area contributed by atoms with Gasteiger partial charge in [-0.3, -0.25) is 0 Å². The van der Waals surface area contributed by atoms with E-state index >= 15 is 0 Å². The first kappa shape index (κ1) is 27.9. The van der Waals surface area contributed by atoms with Gasteiger partial charge in [0.15, 0.2) is 5.58 Å². The highest BCUT2D eigenvalue weighted by Gasteiger charge is 2.25. The number of benzene rings is 10. The summed E-state index contributed by atoms with van der Waals surface area (Å²) in [6.07, 6.45) is 0. The van der Waals surface area contributed by atoms with Crippen molar-refractivity contribution < 1.29 is 4.42 Å². The van der Waals surface area contributed by atoms with Crippen molar-refractivity contribution in [3.63, 3.8) is 0 Å². The first-order valence-corrected chi connectivity index (χ1v) is 17.9. The molecule has 2 nitrogen and oxygen atoms in total. The maximum Gasteiger partial charge on any atom is 0.160 e. The van der Waals surface area contributed by atoms with Crippen molar-refractivity contribution >= 4 is 97.6 Å². The molecule has 12 rings (SSSR count). The van der Waals surface area contributed by atoms with Gasteiger partial charge in [-0.25, -0.2) is 0 Å². The average molecular weight is 660 g/mol. The summed E-state index contributed by atoms with van der Waals surface area (Å²) in [7, 11) is 0. The molecule has 10 aromatic carbocycles. The number of para-hydroxylation sites is 2. The Morgan fingerprint density at radius 1 is 0.346 bits per heavy atom. The average Bonchev–Trinajstić information content (AvgIpc) is 3.77. The number of hydrogen-bond acceptors (Lipinski definition) is 1. The molecule has 2 aromatic heterocycles. The van der Waals surface area contributed by atoms with Crippen LogP contribution in [0.15, 0.2) is 180 Å². The van der Waals surface area contributed by atoms with Crippen LogP contribution in [0.3, 0.4) is 0 Å². The lowest BCUT2D eigenvalue weighted by Crippen LogP contribution is -1.95. The smallest absolute Gasteiger partial charge is 0.160 e. The fourth-order valence-electron chi connectivity index (χ4n) is 9.10. The molecule has 0 N–H and O–H groups in total. The predicted octanol–water partition coefficient (Wildman–Crippen LogP) is 14.1. The van der Waals surface area contributed by atoms with Gasteiger partial charge in [0, 0.05) is 38.0 Å². The van der Waals surface area contributed by atoms with Gasteiger partial charge in [-0.15, -0.1) is 0 Å². The molecule has 0 spiro atoms. The number of furan rings is 1. The molecule has 0 fully saturated rings. The van der Waals surface area contributed by atoms with Gasteiger partial charge in [0.25, 0.3) is 0 Å². The molecule has 0 aliphatic rings. The van der Waals surface area contributed by atoms with E-state index in [0.717, 1.165) is 33.3 Å². The second kappa shape index (κ2) is 10.3. The van der Waals surface area contributed by atoms with Crippen molar-refractivity contribution in [3.05, 3.63) is 176 Å². The van der Waals surface area contributed by atoms with Gasteiger partial charge in [-0.1, -0.05) is 146 Å². The van der Waals surface area contributed by atoms with Gasteiger partial charge in [-0.2, -0.15) is 0 Å². The minimum absolute atomic E-state index is 0.900. The van der Waals surface area contributed by atoms with Crippen molar-refractivity contribution in [3.8, 4) is 16.8 Å². The summed E-state index contributed by atoms with van der Waals surface area (Å²) in [4.78, 5) is 0. The Balaban J connectivity index is 1.26. The van der Waals surface area contributed by atoms with Crippen LogP contribution in [0.4, 0.5) is 0 Å². The van der Waals surface area contributed by atoms with Crippen molar-refractivity contribution in [1.29, 1.82) is 0 Å². The van der Waals surface area contributed by atoms with E-state index in [1.807, 2.05) is 0 Å². The standard InChI is InChI=1S/C50H29NO/c1-2-15-35-30(12-1)24-25-31-26-27-33(29-42(31)35)32-13-11-14-34(28-32)51-43-22-9-7-20-40(43)47-45-38-18-5-3-16-36(38)37-17-4-6-19-39(37)46(45)48-41-21-8-10-23-44(41)52-50(48)49(47)51/h1-29H. The third-order valence-corrected chi connectivity index (χ3v) is 11.3. The van der Waals surface area contributed by atoms with Gasteiger partial charge in [0.2, 0.25) is 0 Å². The maximum atomic E-state index is 7.01. The summed E-state index contributed by atoms with van der Waals surface area (Å²) in [5.41, 5.74) is 7.56. The van der Waals surface area contributed by atoms with Crippen LogP contribution in [0.2, 0.25) is 0 Å². The molecule has 0 radical (unpaired) electrons. The van der Waals surface area contributed by atoms with Crippen LogP contribution in [0.25, 0.3) is 114 Å². The number of nitrogens with zero attached hydrogens (tertiary/aromatic N) is 1. The van der Waals surface area contributed by atoms with Crippen molar-refractivity contribution in [2.75, 3.05) is 0 Å². The monoisotopic (exact) mass is 659 g/mol. The van der Waals surface area contributed by atoms with E-state index in [9.17, 15) is 0 Å². The molecule has 52 heavy (non-hydrogen) atoms. The van der Waals surface area contributed by atoms with E-state index in [1.54, 1.807) is 0 Å². The normalized spacial score (nSPS) is 12.2. The number of rotatable bonds is 2. The summed E-state index contributed by atoms with van der Waals surface area (Å²) in [5.74, 6) is 0. The lowest BCUT2D eigenvalue weighted by molar-refractivity contribution is 0.671. The van der Waals surface area contributed by atoms with E-state index in [2.05, 4.69) is 180 Å². The molecule has 240 valence electrons. The number of fused-ring (bicyclic) bond motifs is 18. The van der Waals surface area contributed by atoms with Crippen LogP contribution in [0.5, 0.6) is 0 Å². The second-order valence-electron chi connectivity index (χ2n) is 14.0. The molecule has 0 saturated heterocycles. The quantitative estimate of drug-likeness (QED) is 0.169. The zero-order valence-electron chi connectivity index (χ0n) is 28.1. The lowest BCUT2D eigenvalue weighted by atomic mass is 9.89. The fourth-order valence-corrected chi connectivity index (χ4v) is 9.10. The highest BCUT2D eigenvalue weighted by atomic mass is 16.3. The van der Waals surface area contributed by atoms with Gasteiger partial charge in [-0.05, 0) is 84.5 Å². The Kier molecular flexibility index (Phi) is 5.53. The van der Waals surface area contributed by atoms with Gasteiger partial charge in [0.05, 0.1) is 11.0 Å². The first-order valence-electron chi connectivity index (χ1n) is 17.9. The Bertz CT molecular complexity index is 3470. The third kappa shape index (κ3) is 3.68. The highest BCUT2D eigenvalue weighted by Crippen LogP contribution is 2.50.